The van der Waals surface area contributed by atoms with Gasteiger partial charge in [0.2, 0.25) is 5.89 Å². The van der Waals surface area contributed by atoms with E-state index in [2.05, 4.69) is 26.2 Å². The first-order chi connectivity index (χ1) is 15.5. The van der Waals surface area contributed by atoms with E-state index in [1.165, 1.54) is 0 Å². The normalized spacial score (nSPS) is 10.8. The fourth-order valence-corrected chi connectivity index (χ4v) is 3.71. The number of hydrogen-bond acceptors (Lipinski definition) is 6. The predicted octanol–water partition coefficient (Wildman–Crippen LogP) is 5.93. The number of fused-ring (bicyclic) bond motifs is 1. The number of amides is 1. The van der Waals surface area contributed by atoms with Crippen molar-refractivity contribution in [3.63, 3.8) is 0 Å². The van der Waals surface area contributed by atoms with Crippen LogP contribution in [0.5, 0.6) is 17.2 Å². The van der Waals surface area contributed by atoms with Crippen molar-refractivity contribution in [1.82, 2.24) is 4.98 Å². The molecule has 0 saturated heterocycles. The minimum Gasteiger partial charge on any atom is -0.493 e. The summed E-state index contributed by atoms with van der Waals surface area (Å²) in [7, 11) is 3.16. The number of hydrogen-bond donors (Lipinski definition) is 1. The zero-order chi connectivity index (χ0) is 22.7. The van der Waals surface area contributed by atoms with E-state index in [0.717, 1.165) is 10.0 Å². The van der Waals surface area contributed by atoms with E-state index in [4.69, 9.17) is 18.6 Å². The van der Waals surface area contributed by atoms with Crippen molar-refractivity contribution >= 4 is 38.6 Å². The first-order valence-electron chi connectivity index (χ1n) is 9.89. The van der Waals surface area contributed by atoms with Crippen LogP contribution in [-0.4, -0.2) is 31.7 Å². The number of rotatable bonds is 7. The minimum absolute atomic E-state index is 0.239. The maximum atomic E-state index is 12.7. The molecule has 0 fully saturated rings. The second-order valence-corrected chi connectivity index (χ2v) is 7.66. The van der Waals surface area contributed by atoms with Gasteiger partial charge in [-0.2, -0.15) is 0 Å². The van der Waals surface area contributed by atoms with Crippen molar-refractivity contribution in [3.05, 3.63) is 64.6 Å². The zero-order valence-electron chi connectivity index (χ0n) is 17.8. The molecule has 32 heavy (non-hydrogen) atoms. The monoisotopic (exact) mass is 496 g/mol. The van der Waals surface area contributed by atoms with Gasteiger partial charge in [0.25, 0.3) is 5.91 Å². The number of halogens is 1. The molecular formula is C24H21BrN2O5. The summed E-state index contributed by atoms with van der Waals surface area (Å²) in [6, 6.07) is 16.0. The van der Waals surface area contributed by atoms with Crippen LogP contribution in [0.3, 0.4) is 0 Å². The van der Waals surface area contributed by atoms with Crippen LogP contribution in [0.2, 0.25) is 0 Å². The van der Waals surface area contributed by atoms with Gasteiger partial charge in [0.1, 0.15) is 11.3 Å². The summed E-state index contributed by atoms with van der Waals surface area (Å²) in [5.41, 5.74) is 3.10. The lowest BCUT2D eigenvalue weighted by Gasteiger charge is -2.09. The number of ether oxygens (including phenoxy) is 3. The number of benzene rings is 3. The topological polar surface area (TPSA) is 82.8 Å². The van der Waals surface area contributed by atoms with Crippen molar-refractivity contribution in [3.8, 4) is 28.7 Å². The van der Waals surface area contributed by atoms with Crippen LogP contribution in [0.15, 0.2) is 63.5 Å². The van der Waals surface area contributed by atoms with E-state index < -0.39 is 0 Å². The highest BCUT2D eigenvalue weighted by Crippen LogP contribution is 2.34. The summed E-state index contributed by atoms with van der Waals surface area (Å²) in [6.45, 7) is 2.46. The third kappa shape index (κ3) is 4.40. The third-order valence-corrected chi connectivity index (χ3v) is 5.39. The molecule has 1 aromatic heterocycles. The van der Waals surface area contributed by atoms with Gasteiger partial charge >= 0.3 is 0 Å². The first kappa shape index (κ1) is 21.7. The van der Waals surface area contributed by atoms with E-state index in [0.29, 0.717) is 52.1 Å². The molecule has 0 saturated carbocycles. The Labute approximate surface area is 193 Å². The van der Waals surface area contributed by atoms with Gasteiger partial charge in [-0.3, -0.25) is 4.79 Å². The molecule has 164 valence electrons. The molecule has 8 heteroatoms. The molecule has 7 nitrogen and oxygen atoms in total. The van der Waals surface area contributed by atoms with Crippen molar-refractivity contribution in [2.75, 3.05) is 26.1 Å². The highest BCUT2D eigenvalue weighted by atomic mass is 79.9. The molecular weight excluding hydrogens is 476 g/mol. The molecule has 1 N–H and O–H groups in total. The zero-order valence-corrected chi connectivity index (χ0v) is 19.4. The van der Waals surface area contributed by atoms with Gasteiger partial charge in [-0.1, -0.05) is 0 Å². The molecule has 1 amide bonds. The van der Waals surface area contributed by atoms with Crippen LogP contribution in [-0.2, 0) is 0 Å². The number of anilines is 1. The van der Waals surface area contributed by atoms with Gasteiger partial charge in [-0.15, -0.1) is 0 Å². The Balaban J connectivity index is 1.57. The maximum absolute atomic E-state index is 12.7. The fourth-order valence-electron chi connectivity index (χ4n) is 3.22. The lowest BCUT2D eigenvalue weighted by atomic mass is 10.2. The summed E-state index contributed by atoms with van der Waals surface area (Å²) >= 11 is 3.43. The predicted molar refractivity (Wildman–Crippen MR) is 126 cm³/mol. The van der Waals surface area contributed by atoms with Crippen LogP contribution in [0, 0.1) is 0 Å². The number of carbonyl (C=O) groups excluding carboxylic acids is 1. The molecule has 0 aliphatic heterocycles. The second kappa shape index (κ2) is 9.32. The summed E-state index contributed by atoms with van der Waals surface area (Å²) in [5, 5.41) is 2.89. The van der Waals surface area contributed by atoms with Gasteiger partial charge < -0.3 is 23.9 Å². The van der Waals surface area contributed by atoms with Crippen LogP contribution in [0.4, 0.5) is 5.69 Å². The van der Waals surface area contributed by atoms with Crippen LogP contribution >= 0.6 is 15.9 Å². The highest BCUT2D eigenvalue weighted by molar-refractivity contribution is 9.10. The number of carbonyl (C=O) groups is 1. The lowest BCUT2D eigenvalue weighted by molar-refractivity contribution is 0.102. The summed E-state index contributed by atoms with van der Waals surface area (Å²) in [4.78, 5) is 17.2. The van der Waals surface area contributed by atoms with E-state index in [9.17, 15) is 4.79 Å². The molecule has 0 unspecified atom stereocenters. The molecule has 4 aromatic rings. The van der Waals surface area contributed by atoms with Gasteiger partial charge in [0.15, 0.2) is 17.1 Å². The molecule has 0 radical (unpaired) electrons. The standard InChI is InChI=1S/C24H21BrN2O5/c1-4-31-19-8-5-14(11-17(19)25)23(28)26-16-7-10-20-18(13-16)27-24(32-20)15-6-9-21(29-2)22(12-15)30-3/h5-13H,4H2,1-3H3,(H,26,28). The van der Waals surface area contributed by atoms with Crippen molar-refractivity contribution in [2.24, 2.45) is 0 Å². The van der Waals surface area contributed by atoms with Crippen LogP contribution < -0.4 is 19.5 Å². The fraction of sp³-hybridized carbons (Fsp3) is 0.167. The summed E-state index contributed by atoms with van der Waals surface area (Å²) in [5.74, 6) is 2.10. The quantitative estimate of drug-likeness (QED) is 0.341. The van der Waals surface area contributed by atoms with Crippen molar-refractivity contribution < 1.29 is 23.4 Å². The van der Waals surface area contributed by atoms with E-state index in [1.54, 1.807) is 62.8 Å². The van der Waals surface area contributed by atoms with Gasteiger partial charge in [-0.25, -0.2) is 4.98 Å². The minimum atomic E-state index is -0.239. The molecule has 0 spiro atoms. The first-order valence-corrected chi connectivity index (χ1v) is 10.7. The Kier molecular flexibility index (Phi) is 6.32. The number of nitrogens with one attached hydrogen (secondary N) is 1. The third-order valence-electron chi connectivity index (χ3n) is 4.77. The second-order valence-electron chi connectivity index (χ2n) is 6.80. The smallest absolute Gasteiger partial charge is 0.255 e. The molecule has 4 rings (SSSR count). The summed E-state index contributed by atoms with van der Waals surface area (Å²) in [6.07, 6.45) is 0. The molecule has 1 heterocycles. The molecule has 0 aliphatic carbocycles. The number of aromatic nitrogens is 1. The number of oxazole rings is 1. The van der Waals surface area contributed by atoms with Crippen LogP contribution in [0.25, 0.3) is 22.6 Å². The number of methoxy groups -OCH3 is 2. The Bertz CT molecular complexity index is 1280. The van der Waals surface area contributed by atoms with Gasteiger partial charge in [0.05, 0.1) is 25.3 Å². The molecule has 0 atom stereocenters. The Morgan fingerprint density at radius 2 is 1.78 bits per heavy atom. The molecule has 0 aliphatic rings. The average molecular weight is 497 g/mol. The van der Waals surface area contributed by atoms with Crippen LogP contribution in [0.1, 0.15) is 17.3 Å². The van der Waals surface area contributed by atoms with E-state index in [-0.39, 0.29) is 5.91 Å². The van der Waals surface area contributed by atoms with Crippen molar-refractivity contribution in [2.45, 2.75) is 6.92 Å². The van der Waals surface area contributed by atoms with Gasteiger partial charge in [-0.05, 0) is 77.5 Å². The SMILES string of the molecule is CCOc1ccc(C(=O)Nc2ccc3oc(-c4ccc(OC)c(OC)c4)nc3c2)cc1Br. The molecule has 0 bridgehead atoms. The van der Waals surface area contributed by atoms with Crippen molar-refractivity contribution in [1.29, 1.82) is 0 Å². The van der Waals surface area contributed by atoms with E-state index in [1.807, 2.05) is 13.0 Å². The van der Waals surface area contributed by atoms with E-state index >= 15 is 0 Å². The Hall–Kier alpha value is -3.52. The largest absolute Gasteiger partial charge is 0.493 e. The maximum Gasteiger partial charge on any atom is 0.255 e. The van der Waals surface area contributed by atoms with Gasteiger partial charge in [0, 0.05) is 16.8 Å². The number of nitrogens with zero attached hydrogens (tertiary/aromatic N) is 1. The molecule has 3 aromatic carbocycles. The average Bonchev–Trinajstić information content (AvgIpc) is 3.23. The Morgan fingerprint density at radius 3 is 2.50 bits per heavy atom. The lowest BCUT2D eigenvalue weighted by Crippen LogP contribution is -2.12. The summed E-state index contributed by atoms with van der Waals surface area (Å²) < 4.78 is 22.7. The highest BCUT2D eigenvalue weighted by Gasteiger charge is 2.14. The Morgan fingerprint density at radius 1 is 1.00 bits per heavy atom.